The molecule has 0 aliphatic carbocycles. The third-order valence-corrected chi connectivity index (χ3v) is 3.82. The number of nitrogens with zero attached hydrogens (tertiary/aromatic N) is 2. The third-order valence-electron chi connectivity index (χ3n) is 3.44. The van der Waals surface area contributed by atoms with E-state index in [9.17, 15) is 0 Å². The van der Waals surface area contributed by atoms with Gasteiger partial charge in [-0.2, -0.15) is 0 Å². The van der Waals surface area contributed by atoms with Crippen LogP contribution in [0.5, 0.6) is 0 Å². The smallest absolute Gasteiger partial charge is 0.148 e. The molecule has 1 aromatic heterocycles. The molecule has 0 amide bonds. The number of halogens is 1. The number of nitrogen functional groups attached to an aromatic ring is 1. The van der Waals surface area contributed by atoms with Gasteiger partial charge in [-0.1, -0.05) is 24.9 Å². The highest BCUT2D eigenvalue weighted by molar-refractivity contribution is 6.36. The number of amidine groups is 1. The standard InChI is InChI=1S/C13H19ClN4/c1-2-3-9-5-7-18(8-9)13-11(14)10(12(15)16)4-6-17-13/h4,6,9H,2-3,5,7-8H2,1H3,(H3,15,16). The van der Waals surface area contributed by atoms with Crippen molar-refractivity contribution in [1.29, 1.82) is 5.41 Å². The minimum Gasteiger partial charge on any atom is -0.384 e. The zero-order valence-corrected chi connectivity index (χ0v) is 11.4. The van der Waals surface area contributed by atoms with Crippen molar-refractivity contribution in [3.8, 4) is 0 Å². The first-order chi connectivity index (χ1) is 8.63. The van der Waals surface area contributed by atoms with E-state index in [0.717, 1.165) is 24.8 Å². The van der Waals surface area contributed by atoms with E-state index in [1.165, 1.54) is 19.3 Å². The fraction of sp³-hybridized carbons (Fsp3) is 0.538. The maximum absolute atomic E-state index is 7.50. The van der Waals surface area contributed by atoms with Gasteiger partial charge in [-0.3, -0.25) is 5.41 Å². The lowest BCUT2D eigenvalue weighted by Crippen LogP contribution is -2.22. The van der Waals surface area contributed by atoms with Crippen LogP contribution >= 0.6 is 11.6 Å². The Labute approximate surface area is 113 Å². The molecule has 1 aliphatic rings. The van der Waals surface area contributed by atoms with Crippen LogP contribution in [0.25, 0.3) is 0 Å². The van der Waals surface area contributed by atoms with Crippen molar-refractivity contribution in [3.63, 3.8) is 0 Å². The summed E-state index contributed by atoms with van der Waals surface area (Å²) in [7, 11) is 0. The molecule has 4 nitrogen and oxygen atoms in total. The summed E-state index contributed by atoms with van der Waals surface area (Å²) in [6.45, 7) is 4.20. The van der Waals surface area contributed by atoms with Gasteiger partial charge in [0.05, 0.1) is 5.02 Å². The van der Waals surface area contributed by atoms with Gasteiger partial charge in [-0.15, -0.1) is 0 Å². The lowest BCUT2D eigenvalue weighted by atomic mass is 10.0. The predicted octanol–water partition coefficient (Wildman–Crippen LogP) is 2.65. The fourth-order valence-electron chi connectivity index (χ4n) is 2.53. The molecule has 1 aliphatic heterocycles. The molecule has 98 valence electrons. The normalized spacial score (nSPS) is 19.2. The molecule has 0 bridgehead atoms. The van der Waals surface area contributed by atoms with Crippen molar-refractivity contribution in [3.05, 3.63) is 22.8 Å². The number of rotatable bonds is 4. The van der Waals surface area contributed by atoms with Crippen LogP contribution < -0.4 is 10.6 Å². The molecule has 0 aromatic carbocycles. The predicted molar refractivity (Wildman–Crippen MR) is 75.5 cm³/mol. The zero-order chi connectivity index (χ0) is 13.1. The van der Waals surface area contributed by atoms with Crippen LogP contribution in [0, 0.1) is 11.3 Å². The van der Waals surface area contributed by atoms with Gasteiger partial charge < -0.3 is 10.6 Å². The molecule has 3 N–H and O–H groups in total. The van der Waals surface area contributed by atoms with E-state index in [1.54, 1.807) is 12.3 Å². The zero-order valence-electron chi connectivity index (χ0n) is 10.6. The molecule has 1 unspecified atom stereocenters. The number of pyridine rings is 1. The molecule has 5 heteroatoms. The number of nitrogens with two attached hydrogens (primary N) is 1. The number of hydrogen-bond donors (Lipinski definition) is 2. The number of hydrogen-bond acceptors (Lipinski definition) is 3. The van der Waals surface area contributed by atoms with Crippen LogP contribution in [-0.2, 0) is 0 Å². The molecule has 1 atom stereocenters. The maximum Gasteiger partial charge on any atom is 0.148 e. The largest absolute Gasteiger partial charge is 0.384 e. The topological polar surface area (TPSA) is 66.0 Å². The van der Waals surface area contributed by atoms with Crippen LogP contribution in [0.1, 0.15) is 31.7 Å². The maximum atomic E-state index is 7.50. The van der Waals surface area contributed by atoms with Crippen molar-refractivity contribution >= 4 is 23.3 Å². The van der Waals surface area contributed by atoms with Gasteiger partial charge in [0.25, 0.3) is 0 Å². The first-order valence-electron chi connectivity index (χ1n) is 6.37. The highest BCUT2D eigenvalue weighted by Crippen LogP contribution is 2.31. The van der Waals surface area contributed by atoms with E-state index < -0.39 is 0 Å². The van der Waals surface area contributed by atoms with E-state index in [0.29, 0.717) is 10.6 Å². The summed E-state index contributed by atoms with van der Waals surface area (Å²) in [4.78, 5) is 6.54. The van der Waals surface area contributed by atoms with Crippen LogP contribution in [0.3, 0.4) is 0 Å². The summed E-state index contributed by atoms with van der Waals surface area (Å²) in [6, 6.07) is 1.69. The van der Waals surface area contributed by atoms with Gasteiger partial charge in [-0.25, -0.2) is 4.98 Å². The van der Waals surface area contributed by atoms with Crippen LogP contribution in [0.2, 0.25) is 5.02 Å². The molecule has 1 saturated heterocycles. The first kappa shape index (κ1) is 13.1. The van der Waals surface area contributed by atoms with Gasteiger partial charge in [-0.05, 0) is 24.8 Å². The molecule has 0 saturated carbocycles. The summed E-state index contributed by atoms with van der Waals surface area (Å²) < 4.78 is 0. The molecule has 0 spiro atoms. The average molecular weight is 267 g/mol. The molecule has 18 heavy (non-hydrogen) atoms. The average Bonchev–Trinajstić information content (AvgIpc) is 2.78. The summed E-state index contributed by atoms with van der Waals surface area (Å²) in [5.74, 6) is 1.49. The highest BCUT2D eigenvalue weighted by Gasteiger charge is 2.25. The Kier molecular flexibility index (Phi) is 4.07. The molecule has 2 heterocycles. The minimum absolute atomic E-state index is 0.00652. The van der Waals surface area contributed by atoms with Gasteiger partial charge >= 0.3 is 0 Å². The Morgan fingerprint density at radius 1 is 1.67 bits per heavy atom. The quantitative estimate of drug-likeness (QED) is 0.650. The Bertz CT molecular complexity index is 447. The van der Waals surface area contributed by atoms with E-state index in [2.05, 4.69) is 16.8 Å². The number of aromatic nitrogens is 1. The Hall–Kier alpha value is -1.29. The van der Waals surface area contributed by atoms with Gasteiger partial charge in [0.1, 0.15) is 11.7 Å². The Morgan fingerprint density at radius 2 is 2.44 bits per heavy atom. The van der Waals surface area contributed by atoms with Crippen LogP contribution in [0.4, 0.5) is 5.82 Å². The third kappa shape index (κ3) is 2.58. The van der Waals surface area contributed by atoms with E-state index in [4.69, 9.17) is 22.7 Å². The summed E-state index contributed by atoms with van der Waals surface area (Å²) in [6.07, 6.45) is 5.33. The monoisotopic (exact) mass is 266 g/mol. The molecular formula is C13H19ClN4. The number of anilines is 1. The SMILES string of the molecule is CCCC1CCN(c2nccc(C(=N)N)c2Cl)C1. The molecule has 0 radical (unpaired) electrons. The summed E-state index contributed by atoms with van der Waals surface area (Å²) >= 11 is 6.28. The first-order valence-corrected chi connectivity index (χ1v) is 6.75. The van der Waals surface area contributed by atoms with E-state index in [-0.39, 0.29) is 5.84 Å². The Morgan fingerprint density at radius 3 is 3.11 bits per heavy atom. The summed E-state index contributed by atoms with van der Waals surface area (Å²) in [5.41, 5.74) is 6.08. The van der Waals surface area contributed by atoms with Crippen molar-refractivity contribution in [2.45, 2.75) is 26.2 Å². The minimum atomic E-state index is -0.00652. The second-order valence-corrected chi connectivity index (χ2v) is 5.18. The molecular weight excluding hydrogens is 248 g/mol. The molecule has 1 fully saturated rings. The highest BCUT2D eigenvalue weighted by atomic mass is 35.5. The fourth-order valence-corrected chi connectivity index (χ4v) is 2.86. The number of nitrogens with one attached hydrogen (secondary N) is 1. The van der Waals surface area contributed by atoms with Gasteiger partial charge in [0.15, 0.2) is 0 Å². The summed E-state index contributed by atoms with van der Waals surface area (Å²) in [5, 5.41) is 8.00. The van der Waals surface area contributed by atoms with Gasteiger partial charge in [0, 0.05) is 24.8 Å². The Balaban J connectivity index is 2.19. The van der Waals surface area contributed by atoms with Crippen LogP contribution in [0.15, 0.2) is 12.3 Å². The van der Waals surface area contributed by atoms with E-state index >= 15 is 0 Å². The van der Waals surface area contributed by atoms with Crippen molar-refractivity contribution in [1.82, 2.24) is 4.98 Å². The molecule has 1 aromatic rings. The second kappa shape index (κ2) is 5.57. The van der Waals surface area contributed by atoms with Gasteiger partial charge in [0.2, 0.25) is 0 Å². The lowest BCUT2D eigenvalue weighted by molar-refractivity contribution is 0.529. The van der Waals surface area contributed by atoms with Crippen molar-refractivity contribution in [2.75, 3.05) is 18.0 Å². The van der Waals surface area contributed by atoms with Crippen LogP contribution in [-0.4, -0.2) is 23.9 Å². The molecule has 2 rings (SSSR count). The van der Waals surface area contributed by atoms with Crippen molar-refractivity contribution < 1.29 is 0 Å². The van der Waals surface area contributed by atoms with Crippen molar-refractivity contribution in [2.24, 2.45) is 11.7 Å². The van der Waals surface area contributed by atoms with E-state index in [1.807, 2.05) is 0 Å². The second-order valence-electron chi connectivity index (χ2n) is 4.80. The lowest BCUT2D eigenvalue weighted by Gasteiger charge is -2.19.